The van der Waals surface area contributed by atoms with Crippen molar-refractivity contribution in [3.05, 3.63) is 0 Å². The van der Waals surface area contributed by atoms with E-state index in [0.717, 1.165) is 31.8 Å². The molecule has 2 rings (SSSR count). The molecule has 1 heterocycles. The first-order valence-electron chi connectivity index (χ1n) is 9.12. The van der Waals surface area contributed by atoms with Crippen LogP contribution in [0.1, 0.15) is 52.9 Å². The Labute approximate surface area is 169 Å². The van der Waals surface area contributed by atoms with Crippen molar-refractivity contribution in [2.45, 2.75) is 57.6 Å². The molecule has 0 aromatic rings. The van der Waals surface area contributed by atoms with Gasteiger partial charge in [-0.1, -0.05) is 12.8 Å². The summed E-state index contributed by atoms with van der Waals surface area (Å²) in [5.41, 5.74) is 0.118. The summed E-state index contributed by atoms with van der Waals surface area (Å²) in [6.45, 7) is 8.25. The number of halogens is 1. The van der Waals surface area contributed by atoms with E-state index in [2.05, 4.69) is 10.2 Å². The zero-order valence-corrected chi connectivity index (χ0v) is 18.9. The highest BCUT2D eigenvalue weighted by Crippen LogP contribution is 2.41. The van der Waals surface area contributed by atoms with Gasteiger partial charge < -0.3 is 15.3 Å². The number of aliphatic hydroxyl groups excluding tert-OH is 1. The van der Waals surface area contributed by atoms with Gasteiger partial charge in [0.05, 0.1) is 10.5 Å². The van der Waals surface area contributed by atoms with Gasteiger partial charge in [0.2, 0.25) is 0 Å². The molecule has 2 aliphatic rings. The standard InChI is InChI=1S/C17H33N3O3S.HI/c1-4-18-15(19-13-17(9-11-21)7-5-6-8-17)20-10-12-24(22,23)16(2,3)14-20;/h21H,4-14H2,1-3H3,(H,18,19);1H. The number of guanidine groups is 1. The maximum Gasteiger partial charge on any atom is 0.194 e. The Morgan fingerprint density at radius 3 is 2.44 bits per heavy atom. The first-order chi connectivity index (χ1) is 11.3. The minimum atomic E-state index is -3.05. The summed E-state index contributed by atoms with van der Waals surface area (Å²) in [4.78, 5) is 6.92. The Kier molecular flexibility index (Phi) is 8.46. The smallest absolute Gasteiger partial charge is 0.194 e. The average molecular weight is 487 g/mol. The van der Waals surface area contributed by atoms with Crippen LogP contribution in [0.25, 0.3) is 0 Å². The second kappa shape index (κ2) is 9.21. The van der Waals surface area contributed by atoms with Gasteiger partial charge in [-0.2, -0.15) is 0 Å². The SMILES string of the molecule is CCNC(=NCC1(CCO)CCCC1)N1CCS(=O)(=O)C(C)(C)C1.I. The molecule has 0 aromatic heterocycles. The second-order valence-electron chi connectivity index (χ2n) is 7.85. The zero-order valence-electron chi connectivity index (χ0n) is 15.8. The maximum atomic E-state index is 12.2. The molecule has 25 heavy (non-hydrogen) atoms. The molecule has 6 nitrogen and oxygen atoms in total. The van der Waals surface area contributed by atoms with Gasteiger partial charge in [-0.05, 0) is 45.4 Å². The molecule has 0 aromatic carbocycles. The highest BCUT2D eigenvalue weighted by atomic mass is 127. The average Bonchev–Trinajstić information content (AvgIpc) is 2.96. The van der Waals surface area contributed by atoms with Crippen molar-refractivity contribution in [3.63, 3.8) is 0 Å². The lowest BCUT2D eigenvalue weighted by atomic mass is 9.83. The fourth-order valence-corrected chi connectivity index (χ4v) is 5.21. The quantitative estimate of drug-likeness (QED) is 0.353. The van der Waals surface area contributed by atoms with Crippen LogP contribution in [0, 0.1) is 5.41 Å². The van der Waals surface area contributed by atoms with Crippen LogP contribution in [0.3, 0.4) is 0 Å². The summed E-state index contributed by atoms with van der Waals surface area (Å²) in [5, 5.41) is 12.7. The van der Waals surface area contributed by atoms with Crippen molar-refractivity contribution >= 4 is 39.8 Å². The molecule has 2 N–H and O–H groups in total. The lowest BCUT2D eigenvalue weighted by Crippen LogP contribution is -2.57. The molecule has 1 saturated carbocycles. The highest BCUT2D eigenvalue weighted by Gasteiger charge is 2.41. The molecule has 8 heteroatoms. The first kappa shape index (κ1) is 23.0. The minimum absolute atomic E-state index is 0. The molecule has 2 fully saturated rings. The summed E-state index contributed by atoms with van der Waals surface area (Å²) in [6, 6.07) is 0. The molecular formula is C17H34IN3O3S. The first-order valence-corrected chi connectivity index (χ1v) is 10.8. The van der Waals surface area contributed by atoms with Crippen LogP contribution in [-0.2, 0) is 9.84 Å². The largest absolute Gasteiger partial charge is 0.396 e. The molecule has 1 aliphatic heterocycles. The predicted octanol–water partition coefficient (Wildman–Crippen LogP) is 2.02. The molecule has 1 saturated heterocycles. The van der Waals surface area contributed by atoms with Gasteiger partial charge in [-0.15, -0.1) is 24.0 Å². The molecule has 1 aliphatic carbocycles. The van der Waals surface area contributed by atoms with E-state index in [1.807, 2.05) is 6.92 Å². The molecular weight excluding hydrogens is 453 g/mol. The number of nitrogens with zero attached hydrogens (tertiary/aromatic N) is 2. The lowest BCUT2D eigenvalue weighted by Gasteiger charge is -2.39. The minimum Gasteiger partial charge on any atom is -0.396 e. The molecule has 148 valence electrons. The van der Waals surface area contributed by atoms with Gasteiger partial charge in [0.1, 0.15) is 0 Å². The van der Waals surface area contributed by atoms with E-state index in [9.17, 15) is 13.5 Å². The zero-order chi connectivity index (χ0) is 17.8. The Balaban J connectivity index is 0.00000312. The predicted molar refractivity (Wildman–Crippen MR) is 113 cm³/mol. The van der Waals surface area contributed by atoms with Crippen molar-refractivity contribution in [1.82, 2.24) is 10.2 Å². The Morgan fingerprint density at radius 1 is 1.28 bits per heavy atom. The molecule has 0 amide bonds. The topological polar surface area (TPSA) is 82.0 Å². The van der Waals surface area contributed by atoms with E-state index >= 15 is 0 Å². The third-order valence-electron chi connectivity index (χ3n) is 5.55. The van der Waals surface area contributed by atoms with Crippen LogP contribution < -0.4 is 5.32 Å². The number of sulfone groups is 1. The summed E-state index contributed by atoms with van der Waals surface area (Å²) in [7, 11) is -3.05. The Morgan fingerprint density at radius 2 is 1.92 bits per heavy atom. The third-order valence-corrected chi connectivity index (χ3v) is 8.08. The lowest BCUT2D eigenvalue weighted by molar-refractivity contribution is 0.190. The van der Waals surface area contributed by atoms with Crippen molar-refractivity contribution in [3.8, 4) is 0 Å². The van der Waals surface area contributed by atoms with E-state index in [4.69, 9.17) is 4.99 Å². The Hall–Kier alpha value is -0.0900. The highest BCUT2D eigenvalue weighted by molar-refractivity contribution is 14.0. The summed E-state index contributed by atoms with van der Waals surface area (Å²) >= 11 is 0. The summed E-state index contributed by atoms with van der Waals surface area (Å²) < 4.78 is 23.7. The second-order valence-corrected chi connectivity index (χ2v) is 10.6. The monoisotopic (exact) mass is 487 g/mol. The van der Waals surface area contributed by atoms with Gasteiger partial charge in [-0.25, -0.2) is 8.42 Å². The van der Waals surface area contributed by atoms with Crippen molar-refractivity contribution in [2.75, 3.05) is 38.5 Å². The molecule has 0 bridgehead atoms. The van der Waals surface area contributed by atoms with Crippen LogP contribution in [0.2, 0.25) is 0 Å². The molecule has 0 spiro atoms. The van der Waals surface area contributed by atoms with Gasteiger partial charge in [-0.3, -0.25) is 4.99 Å². The van der Waals surface area contributed by atoms with E-state index in [1.165, 1.54) is 12.8 Å². The summed E-state index contributed by atoms with van der Waals surface area (Å²) in [5.74, 6) is 0.983. The number of hydrogen-bond donors (Lipinski definition) is 2. The van der Waals surface area contributed by atoms with Crippen LogP contribution in [-0.4, -0.2) is 67.7 Å². The van der Waals surface area contributed by atoms with Gasteiger partial charge in [0.25, 0.3) is 0 Å². The van der Waals surface area contributed by atoms with E-state index in [-0.39, 0.29) is 41.8 Å². The fraction of sp³-hybridized carbons (Fsp3) is 0.941. The number of rotatable bonds is 5. The van der Waals surface area contributed by atoms with Crippen LogP contribution in [0.15, 0.2) is 4.99 Å². The van der Waals surface area contributed by atoms with E-state index in [0.29, 0.717) is 19.6 Å². The van der Waals surface area contributed by atoms with Gasteiger partial charge in [0.15, 0.2) is 15.8 Å². The van der Waals surface area contributed by atoms with E-state index in [1.54, 1.807) is 13.8 Å². The van der Waals surface area contributed by atoms with Crippen molar-refractivity contribution in [1.29, 1.82) is 0 Å². The maximum absolute atomic E-state index is 12.2. The van der Waals surface area contributed by atoms with Gasteiger partial charge >= 0.3 is 0 Å². The molecule has 0 radical (unpaired) electrons. The fourth-order valence-electron chi connectivity index (χ4n) is 3.84. The molecule has 0 unspecified atom stereocenters. The third kappa shape index (κ3) is 5.45. The Bertz CT molecular complexity index is 557. The van der Waals surface area contributed by atoms with Crippen molar-refractivity contribution < 1.29 is 13.5 Å². The number of hydrogen-bond acceptors (Lipinski definition) is 4. The molecule has 0 atom stereocenters. The number of aliphatic hydroxyl groups is 1. The number of nitrogens with one attached hydrogen (secondary N) is 1. The number of aliphatic imine (C=N–C) groups is 1. The van der Waals surface area contributed by atoms with Crippen LogP contribution in [0.5, 0.6) is 0 Å². The van der Waals surface area contributed by atoms with Crippen LogP contribution >= 0.6 is 24.0 Å². The summed E-state index contributed by atoms with van der Waals surface area (Å²) in [6.07, 6.45) is 5.46. The van der Waals surface area contributed by atoms with Crippen LogP contribution in [0.4, 0.5) is 0 Å². The normalized spacial score (nSPS) is 24.6. The van der Waals surface area contributed by atoms with E-state index < -0.39 is 14.6 Å². The van der Waals surface area contributed by atoms with Gasteiger partial charge in [0, 0.05) is 32.8 Å². The van der Waals surface area contributed by atoms with Crippen molar-refractivity contribution in [2.24, 2.45) is 10.4 Å².